The number of rotatable bonds is 5. The molecule has 1 aliphatic rings. The fourth-order valence-corrected chi connectivity index (χ4v) is 4.70. The van der Waals surface area contributed by atoms with E-state index in [0.717, 1.165) is 16.0 Å². The van der Waals surface area contributed by atoms with Crippen molar-refractivity contribution in [2.75, 3.05) is 0 Å². The van der Waals surface area contributed by atoms with Crippen LogP contribution in [0.5, 0.6) is 0 Å². The first-order valence-corrected chi connectivity index (χ1v) is 9.18. The van der Waals surface area contributed by atoms with E-state index in [0.29, 0.717) is 6.42 Å². The Bertz CT molecular complexity index is 833. The van der Waals surface area contributed by atoms with Gasteiger partial charge in [-0.15, -0.1) is 0 Å². The SMILES string of the molecule is O=S(c1ccccc1)C1(Cc2ccccc2)OC1c1ccccc1. The third-order valence-electron chi connectivity index (χ3n) is 4.33. The second-order valence-electron chi connectivity index (χ2n) is 5.96. The maximum absolute atomic E-state index is 13.3. The molecule has 24 heavy (non-hydrogen) atoms. The van der Waals surface area contributed by atoms with E-state index in [2.05, 4.69) is 12.1 Å². The van der Waals surface area contributed by atoms with Crippen LogP contribution < -0.4 is 0 Å². The largest absolute Gasteiger partial charge is 0.346 e. The molecule has 3 atom stereocenters. The van der Waals surface area contributed by atoms with Gasteiger partial charge in [0.25, 0.3) is 0 Å². The highest BCUT2D eigenvalue weighted by atomic mass is 32.2. The Balaban J connectivity index is 1.70. The third kappa shape index (κ3) is 2.81. The van der Waals surface area contributed by atoms with Crippen molar-refractivity contribution in [3.8, 4) is 0 Å². The van der Waals surface area contributed by atoms with E-state index in [4.69, 9.17) is 4.74 Å². The number of benzene rings is 3. The molecule has 0 spiro atoms. The molecule has 0 radical (unpaired) electrons. The molecular formula is C21H18O2S. The molecule has 3 aromatic rings. The molecule has 3 heteroatoms. The highest BCUT2D eigenvalue weighted by molar-refractivity contribution is 7.86. The normalized spacial score (nSPS) is 23.6. The van der Waals surface area contributed by atoms with Crippen LogP contribution in [-0.2, 0) is 22.0 Å². The smallest absolute Gasteiger partial charge is 0.182 e. The number of hydrogen-bond donors (Lipinski definition) is 0. The molecule has 3 aromatic carbocycles. The first-order valence-electron chi connectivity index (χ1n) is 8.03. The molecule has 1 heterocycles. The molecule has 0 aliphatic carbocycles. The molecule has 0 N–H and O–H groups in total. The van der Waals surface area contributed by atoms with Gasteiger partial charge in [-0.3, -0.25) is 4.21 Å². The van der Waals surface area contributed by atoms with E-state index in [1.165, 1.54) is 0 Å². The summed E-state index contributed by atoms with van der Waals surface area (Å²) in [5.41, 5.74) is 2.22. The summed E-state index contributed by atoms with van der Waals surface area (Å²) in [7, 11) is -1.24. The van der Waals surface area contributed by atoms with Crippen LogP contribution in [0.4, 0.5) is 0 Å². The Morgan fingerprint density at radius 1 is 0.792 bits per heavy atom. The zero-order valence-electron chi connectivity index (χ0n) is 13.2. The predicted octanol–water partition coefficient (Wildman–Crippen LogP) is 4.50. The number of epoxide rings is 1. The maximum Gasteiger partial charge on any atom is 0.182 e. The zero-order valence-corrected chi connectivity index (χ0v) is 14.0. The van der Waals surface area contributed by atoms with Crippen LogP contribution in [0.15, 0.2) is 95.9 Å². The quantitative estimate of drug-likeness (QED) is 0.643. The van der Waals surface area contributed by atoms with Crippen molar-refractivity contribution in [2.45, 2.75) is 22.4 Å². The van der Waals surface area contributed by atoms with Crippen LogP contribution in [-0.4, -0.2) is 9.14 Å². The van der Waals surface area contributed by atoms with Crippen molar-refractivity contribution < 1.29 is 8.95 Å². The van der Waals surface area contributed by atoms with Gasteiger partial charge in [-0.2, -0.15) is 0 Å². The van der Waals surface area contributed by atoms with E-state index < -0.39 is 15.7 Å². The Hall–Kier alpha value is -2.23. The van der Waals surface area contributed by atoms with Crippen LogP contribution in [0.1, 0.15) is 17.2 Å². The Kier molecular flexibility index (Phi) is 4.05. The van der Waals surface area contributed by atoms with Gasteiger partial charge in [0.2, 0.25) is 0 Å². The van der Waals surface area contributed by atoms with E-state index in [9.17, 15) is 4.21 Å². The molecule has 0 bridgehead atoms. The standard InChI is InChI=1S/C21H18O2S/c22-24(19-14-8-3-9-15-19)21(16-17-10-4-1-5-11-17)20(23-21)18-12-6-2-7-13-18/h1-15,20H,16H2. The summed E-state index contributed by atoms with van der Waals surface area (Å²) in [6.07, 6.45) is 0.495. The summed E-state index contributed by atoms with van der Waals surface area (Å²) in [5.74, 6) is 0. The summed E-state index contributed by atoms with van der Waals surface area (Å²) in [4.78, 5) is 0.121. The first kappa shape index (κ1) is 15.3. The van der Waals surface area contributed by atoms with Crippen LogP contribution >= 0.6 is 0 Å². The van der Waals surface area contributed by atoms with Crippen LogP contribution in [0.2, 0.25) is 0 Å². The molecule has 0 saturated carbocycles. The van der Waals surface area contributed by atoms with Gasteiger partial charge >= 0.3 is 0 Å². The first-order chi connectivity index (χ1) is 11.8. The van der Waals surface area contributed by atoms with Gasteiger partial charge < -0.3 is 4.74 Å². The van der Waals surface area contributed by atoms with Crippen molar-refractivity contribution in [3.63, 3.8) is 0 Å². The van der Waals surface area contributed by atoms with E-state index in [1.54, 1.807) is 0 Å². The Morgan fingerprint density at radius 3 is 1.96 bits per heavy atom. The van der Waals surface area contributed by atoms with Gasteiger partial charge in [0.1, 0.15) is 6.10 Å². The molecule has 2 nitrogen and oxygen atoms in total. The summed E-state index contributed by atoms with van der Waals surface area (Å²) in [5, 5.41) is 0. The Morgan fingerprint density at radius 2 is 1.33 bits per heavy atom. The van der Waals surface area contributed by atoms with Crippen LogP contribution in [0.25, 0.3) is 0 Å². The Labute approximate surface area is 144 Å². The molecule has 1 saturated heterocycles. The van der Waals surface area contributed by atoms with Crippen molar-refractivity contribution in [1.29, 1.82) is 0 Å². The molecule has 1 aliphatic heterocycles. The number of hydrogen-bond acceptors (Lipinski definition) is 2. The van der Waals surface area contributed by atoms with Crippen molar-refractivity contribution in [3.05, 3.63) is 102 Å². The highest BCUT2D eigenvalue weighted by Gasteiger charge is 2.62. The molecule has 0 aromatic heterocycles. The average Bonchev–Trinajstić information content (AvgIpc) is 3.39. The zero-order chi connectivity index (χ0) is 16.4. The highest BCUT2D eigenvalue weighted by Crippen LogP contribution is 2.55. The van der Waals surface area contributed by atoms with Crippen LogP contribution in [0, 0.1) is 0 Å². The van der Waals surface area contributed by atoms with Crippen molar-refractivity contribution in [1.82, 2.24) is 0 Å². The summed E-state index contributed by atoms with van der Waals surface area (Å²) < 4.78 is 19.4. The fourth-order valence-electron chi connectivity index (χ4n) is 3.08. The van der Waals surface area contributed by atoms with E-state index >= 15 is 0 Å². The molecule has 0 amide bonds. The van der Waals surface area contributed by atoms with Gasteiger partial charge in [-0.05, 0) is 23.3 Å². The van der Waals surface area contributed by atoms with Gasteiger partial charge in [-0.1, -0.05) is 78.9 Å². The fraction of sp³-hybridized carbons (Fsp3) is 0.143. The minimum Gasteiger partial charge on any atom is -0.346 e. The monoisotopic (exact) mass is 334 g/mol. The molecule has 4 rings (SSSR count). The lowest BCUT2D eigenvalue weighted by atomic mass is 10.0. The molecule has 120 valence electrons. The lowest BCUT2D eigenvalue weighted by Gasteiger charge is -2.14. The predicted molar refractivity (Wildman–Crippen MR) is 96.0 cm³/mol. The van der Waals surface area contributed by atoms with Gasteiger partial charge in [0.05, 0.1) is 10.8 Å². The second kappa shape index (κ2) is 6.34. The van der Waals surface area contributed by atoms with Gasteiger partial charge in [0.15, 0.2) is 4.93 Å². The minimum atomic E-state index is -1.24. The maximum atomic E-state index is 13.3. The third-order valence-corrected chi connectivity index (χ3v) is 6.11. The van der Waals surface area contributed by atoms with Crippen molar-refractivity contribution in [2.24, 2.45) is 0 Å². The van der Waals surface area contributed by atoms with Gasteiger partial charge in [0, 0.05) is 11.3 Å². The average molecular weight is 334 g/mol. The van der Waals surface area contributed by atoms with Crippen LogP contribution in [0.3, 0.4) is 0 Å². The molecular weight excluding hydrogens is 316 g/mol. The lowest BCUT2D eigenvalue weighted by Crippen LogP contribution is -2.23. The summed E-state index contributed by atoms with van der Waals surface area (Å²) in [6.45, 7) is 0. The topological polar surface area (TPSA) is 29.6 Å². The number of ether oxygens (including phenoxy) is 1. The van der Waals surface area contributed by atoms with E-state index in [1.807, 2.05) is 78.9 Å². The summed E-state index contributed by atoms with van der Waals surface area (Å²) in [6, 6.07) is 29.8. The lowest BCUT2D eigenvalue weighted by molar-refractivity contribution is 0.351. The second-order valence-corrected chi connectivity index (χ2v) is 7.66. The molecule has 1 fully saturated rings. The van der Waals surface area contributed by atoms with Crippen molar-refractivity contribution >= 4 is 10.8 Å². The van der Waals surface area contributed by atoms with E-state index in [-0.39, 0.29) is 6.10 Å². The summed E-state index contributed by atoms with van der Waals surface area (Å²) >= 11 is 0. The minimum absolute atomic E-state index is 0.139. The van der Waals surface area contributed by atoms with Gasteiger partial charge in [-0.25, -0.2) is 0 Å². The molecule has 3 unspecified atom stereocenters.